The van der Waals surface area contributed by atoms with Crippen LogP contribution in [0, 0.1) is 0 Å². The third-order valence-corrected chi connectivity index (χ3v) is 7.28. The van der Waals surface area contributed by atoms with Gasteiger partial charge >= 0.3 is 18.0 Å². The standard InChI is InChI=1S/C32H33BrN4O9/c1-4-44-26-14-22(29-28(31(41)43-3)18(2)35-32(42)36-29)10-12-25(26)46-17-27(38)37-34-15-20-7-11-24(23(33)13-20)45-16-19-5-8-21(9-6-19)30(39)40/h5-15,27,29,37-38H,4,16-17H2,1-3H3,(H,39,40)(H2,35,36,42)/b34-15-/t27-,29-/m1/s1. The van der Waals surface area contributed by atoms with E-state index in [9.17, 15) is 19.5 Å². The third-order valence-electron chi connectivity index (χ3n) is 6.66. The van der Waals surface area contributed by atoms with Crippen LogP contribution in [-0.2, 0) is 16.1 Å². The average Bonchev–Trinajstić information content (AvgIpc) is 3.03. The summed E-state index contributed by atoms with van der Waals surface area (Å²) in [5, 5.41) is 28.8. The van der Waals surface area contributed by atoms with E-state index in [2.05, 4.69) is 37.1 Å². The number of carbonyl (C=O) groups is 3. The molecule has 1 aliphatic rings. The lowest BCUT2D eigenvalue weighted by atomic mass is 9.95. The number of ether oxygens (including phenoxy) is 4. The number of aliphatic hydroxyl groups is 1. The molecule has 0 spiro atoms. The minimum Gasteiger partial charge on any atom is -0.490 e. The van der Waals surface area contributed by atoms with Gasteiger partial charge < -0.3 is 39.8 Å². The minimum absolute atomic E-state index is 0.169. The molecule has 3 aromatic carbocycles. The van der Waals surface area contributed by atoms with Crippen LogP contribution in [0.3, 0.4) is 0 Å². The molecule has 0 radical (unpaired) electrons. The van der Waals surface area contributed by atoms with Gasteiger partial charge in [-0.1, -0.05) is 18.2 Å². The number of hydrazone groups is 1. The van der Waals surface area contributed by atoms with Gasteiger partial charge in [0.25, 0.3) is 0 Å². The number of hydrogen-bond donors (Lipinski definition) is 5. The van der Waals surface area contributed by atoms with Crippen molar-refractivity contribution in [2.45, 2.75) is 32.7 Å². The van der Waals surface area contributed by atoms with Crippen molar-refractivity contribution >= 4 is 40.1 Å². The van der Waals surface area contributed by atoms with Gasteiger partial charge in [0.15, 0.2) is 17.7 Å². The Morgan fingerprint density at radius 3 is 2.46 bits per heavy atom. The zero-order valence-corrected chi connectivity index (χ0v) is 26.8. The first-order chi connectivity index (χ1) is 22.1. The lowest BCUT2D eigenvalue weighted by Gasteiger charge is -2.28. The summed E-state index contributed by atoms with van der Waals surface area (Å²) in [6.45, 7) is 3.83. The fourth-order valence-corrected chi connectivity index (χ4v) is 4.95. The van der Waals surface area contributed by atoms with E-state index in [-0.39, 0.29) is 24.4 Å². The van der Waals surface area contributed by atoms with Crippen LogP contribution in [0.1, 0.15) is 46.9 Å². The van der Waals surface area contributed by atoms with Gasteiger partial charge in [0.1, 0.15) is 19.0 Å². The zero-order chi connectivity index (χ0) is 33.2. The summed E-state index contributed by atoms with van der Waals surface area (Å²) >= 11 is 3.48. The number of benzene rings is 3. The summed E-state index contributed by atoms with van der Waals surface area (Å²) in [7, 11) is 1.27. The van der Waals surface area contributed by atoms with Crippen molar-refractivity contribution in [3.05, 3.63) is 98.7 Å². The molecule has 0 aliphatic carbocycles. The van der Waals surface area contributed by atoms with Crippen molar-refractivity contribution in [2.75, 3.05) is 20.3 Å². The molecule has 0 unspecified atom stereocenters. The maximum Gasteiger partial charge on any atom is 0.337 e. The monoisotopic (exact) mass is 696 g/mol. The van der Waals surface area contributed by atoms with Crippen LogP contribution in [0.15, 0.2) is 81.5 Å². The molecule has 46 heavy (non-hydrogen) atoms. The number of nitrogens with zero attached hydrogens (tertiary/aromatic N) is 1. The molecule has 0 bridgehead atoms. The second kappa shape index (κ2) is 15.8. The number of hydrogen-bond acceptors (Lipinski definition) is 10. The lowest BCUT2D eigenvalue weighted by Crippen LogP contribution is -2.45. The summed E-state index contributed by atoms with van der Waals surface area (Å²) < 4.78 is 22.9. The summed E-state index contributed by atoms with van der Waals surface area (Å²) in [5.74, 6) is -0.281. The maximum atomic E-state index is 12.4. The highest BCUT2D eigenvalue weighted by atomic mass is 79.9. The van der Waals surface area contributed by atoms with Crippen LogP contribution < -0.4 is 30.3 Å². The van der Waals surface area contributed by atoms with E-state index in [1.54, 1.807) is 62.4 Å². The number of aliphatic hydroxyl groups excluding tert-OH is 1. The van der Waals surface area contributed by atoms with Crippen LogP contribution in [-0.4, -0.2) is 60.9 Å². The highest BCUT2D eigenvalue weighted by Crippen LogP contribution is 2.35. The van der Waals surface area contributed by atoms with E-state index < -0.39 is 30.2 Å². The summed E-state index contributed by atoms with van der Waals surface area (Å²) in [5.41, 5.74) is 5.57. The molecule has 2 atom stereocenters. The van der Waals surface area contributed by atoms with Crippen molar-refractivity contribution < 1.29 is 43.5 Å². The Hall–Kier alpha value is -5.08. The van der Waals surface area contributed by atoms with E-state index in [0.717, 1.165) is 11.1 Å². The summed E-state index contributed by atoms with van der Waals surface area (Å²) in [6.07, 6.45) is 0.356. The second-order valence-corrected chi connectivity index (χ2v) is 10.7. The Balaban J connectivity index is 1.33. The van der Waals surface area contributed by atoms with Crippen LogP contribution in [0.25, 0.3) is 0 Å². The first-order valence-corrected chi connectivity index (χ1v) is 14.9. The number of esters is 1. The molecule has 5 N–H and O–H groups in total. The molecule has 0 fully saturated rings. The molecule has 4 rings (SSSR count). The molecule has 2 amide bonds. The molecule has 0 aromatic heterocycles. The Bertz CT molecular complexity index is 1640. The Labute approximate surface area is 273 Å². The Morgan fingerprint density at radius 1 is 1.04 bits per heavy atom. The molecule has 14 heteroatoms. The number of carboxylic acid groups (broad SMARTS) is 1. The number of rotatable bonds is 14. The van der Waals surface area contributed by atoms with Crippen molar-refractivity contribution in [3.8, 4) is 17.2 Å². The summed E-state index contributed by atoms with van der Waals surface area (Å²) in [4.78, 5) is 35.6. The largest absolute Gasteiger partial charge is 0.490 e. The van der Waals surface area contributed by atoms with Crippen LogP contribution >= 0.6 is 15.9 Å². The average molecular weight is 698 g/mol. The van der Waals surface area contributed by atoms with E-state index in [0.29, 0.717) is 39.6 Å². The molecule has 3 aromatic rings. The molecule has 1 aliphatic heterocycles. The maximum absolute atomic E-state index is 12.4. The van der Waals surface area contributed by atoms with Crippen LogP contribution in [0.2, 0.25) is 0 Å². The summed E-state index contributed by atoms with van der Waals surface area (Å²) in [6, 6.07) is 15.5. The molecule has 1 heterocycles. The van der Waals surface area contributed by atoms with Crippen molar-refractivity contribution in [2.24, 2.45) is 5.10 Å². The Kier molecular flexibility index (Phi) is 11.6. The van der Waals surface area contributed by atoms with Crippen molar-refractivity contribution in [1.29, 1.82) is 0 Å². The van der Waals surface area contributed by atoms with Crippen molar-refractivity contribution in [1.82, 2.24) is 16.1 Å². The fraction of sp³-hybridized carbons (Fsp3) is 0.250. The highest BCUT2D eigenvalue weighted by molar-refractivity contribution is 9.10. The molecular formula is C32H33BrN4O9. The van der Waals surface area contributed by atoms with Crippen LogP contribution in [0.4, 0.5) is 4.79 Å². The highest BCUT2D eigenvalue weighted by Gasteiger charge is 2.32. The first kappa shape index (κ1) is 33.8. The van der Waals surface area contributed by atoms with E-state index >= 15 is 0 Å². The SMILES string of the molecule is CCOc1cc([C@H]2NC(=O)NC(C)=C2C(=O)OC)ccc1OC[C@@H](O)N/N=C\c1ccc(OCc2ccc(C(=O)O)cc2)c(Br)c1. The van der Waals surface area contributed by atoms with E-state index in [1.807, 2.05) is 0 Å². The number of amides is 2. The normalized spacial score (nSPS) is 15.1. The van der Waals surface area contributed by atoms with E-state index in [4.69, 9.17) is 24.1 Å². The predicted octanol–water partition coefficient (Wildman–Crippen LogP) is 4.25. The number of methoxy groups -OCH3 is 1. The topological polar surface area (TPSA) is 177 Å². The van der Waals surface area contributed by atoms with Gasteiger partial charge in [-0.15, -0.1) is 0 Å². The van der Waals surface area contributed by atoms with Crippen LogP contribution in [0.5, 0.6) is 17.2 Å². The van der Waals surface area contributed by atoms with Gasteiger partial charge in [0.2, 0.25) is 0 Å². The smallest absolute Gasteiger partial charge is 0.337 e. The van der Waals surface area contributed by atoms with Gasteiger partial charge in [-0.2, -0.15) is 5.10 Å². The number of allylic oxidation sites excluding steroid dienone is 1. The molecule has 13 nitrogen and oxygen atoms in total. The number of urea groups is 1. The zero-order valence-electron chi connectivity index (χ0n) is 25.2. The molecular weight excluding hydrogens is 664 g/mol. The molecule has 0 saturated heterocycles. The lowest BCUT2D eigenvalue weighted by molar-refractivity contribution is -0.136. The quantitative estimate of drug-likeness (QED) is 0.0709. The number of carboxylic acids is 1. The number of aromatic carboxylic acids is 1. The van der Waals surface area contributed by atoms with E-state index in [1.165, 1.54) is 25.5 Å². The third kappa shape index (κ3) is 8.76. The van der Waals surface area contributed by atoms with Crippen molar-refractivity contribution in [3.63, 3.8) is 0 Å². The van der Waals surface area contributed by atoms with Gasteiger partial charge in [0, 0.05) is 5.70 Å². The minimum atomic E-state index is -1.16. The fourth-order valence-electron chi connectivity index (χ4n) is 4.44. The number of nitrogens with one attached hydrogen (secondary N) is 3. The predicted molar refractivity (Wildman–Crippen MR) is 171 cm³/mol. The molecule has 242 valence electrons. The van der Waals surface area contributed by atoms with Gasteiger partial charge in [-0.05, 0) is 88.9 Å². The first-order valence-electron chi connectivity index (χ1n) is 14.1. The molecule has 0 saturated carbocycles. The van der Waals surface area contributed by atoms with Gasteiger partial charge in [-0.25, -0.2) is 14.4 Å². The van der Waals surface area contributed by atoms with Gasteiger partial charge in [-0.3, -0.25) is 5.43 Å². The number of halogens is 1. The number of carbonyl (C=O) groups excluding carboxylic acids is 2. The Morgan fingerprint density at radius 2 is 1.78 bits per heavy atom. The van der Waals surface area contributed by atoms with Gasteiger partial charge in [0.05, 0.1) is 41.6 Å². The second-order valence-electron chi connectivity index (χ2n) is 9.90.